The molecule has 0 aromatic carbocycles. The van der Waals surface area contributed by atoms with Gasteiger partial charge < -0.3 is 10.2 Å². The molecule has 7 nitrogen and oxygen atoms in total. The van der Waals surface area contributed by atoms with Gasteiger partial charge in [-0.3, -0.25) is 9.48 Å². The Morgan fingerprint density at radius 1 is 1.40 bits per heavy atom. The molecule has 2 heterocycles. The molecule has 108 valence electrons. The quantitative estimate of drug-likeness (QED) is 0.874. The van der Waals surface area contributed by atoms with Gasteiger partial charge in [-0.25, -0.2) is 4.68 Å². The van der Waals surface area contributed by atoms with Gasteiger partial charge in [-0.1, -0.05) is 0 Å². The van der Waals surface area contributed by atoms with Crippen LogP contribution >= 0.6 is 0 Å². The van der Waals surface area contributed by atoms with Crippen LogP contribution in [0, 0.1) is 6.92 Å². The van der Waals surface area contributed by atoms with E-state index in [2.05, 4.69) is 15.5 Å². The highest BCUT2D eigenvalue weighted by molar-refractivity contribution is 5.91. The van der Waals surface area contributed by atoms with E-state index in [0.29, 0.717) is 12.2 Å². The third-order valence-corrected chi connectivity index (χ3v) is 3.10. The topological polar surface area (TPSA) is 68.0 Å². The normalized spacial score (nSPS) is 10.8. The van der Waals surface area contributed by atoms with Gasteiger partial charge in [0.2, 0.25) is 0 Å². The first kappa shape index (κ1) is 14.3. The lowest BCUT2D eigenvalue weighted by molar-refractivity contribution is 0.0821. The van der Waals surface area contributed by atoms with Crippen molar-refractivity contribution in [2.75, 3.05) is 21.1 Å². The molecular weight excluding hydrogens is 256 g/mol. The van der Waals surface area contributed by atoms with Gasteiger partial charge in [-0.05, 0) is 20.0 Å². The Morgan fingerprint density at radius 2 is 2.10 bits per heavy atom. The van der Waals surface area contributed by atoms with Crippen LogP contribution in [-0.2, 0) is 13.6 Å². The second-order valence-electron chi connectivity index (χ2n) is 4.89. The predicted octanol–water partition coefficient (Wildman–Crippen LogP) is 0.335. The van der Waals surface area contributed by atoms with Crippen LogP contribution in [0.1, 0.15) is 21.7 Å². The fraction of sp³-hybridized carbons (Fsp3) is 0.462. The summed E-state index contributed by atoms with van der Waals surface area (Å²) in [5, 5.41) is 11.9. The predicted molar refractivity (Wildman–Crippen MR) is 75.8 cm³/mol. The molecule has 0 aliphatic rings. The maximum absolute atomic E-state index is 11.9. The van der Waals surface area contributed by atoms with Gasteiger partial charge >= 0.3 is 0 Å². The summed E-state index contributed by atoms with van der Waals surface area (Å²) in [6, 6.07) is 1.72. The van der Waals surface area contributed by atoms with Crippen LogP contribution in [0.4, 0.5) is 0 Å². The molecule has 0 saturated heterocycles. The minimum absolute atomic E-state index is 0.113. The molecule has 0 saturated carbocycles. The SMILES string of the molecule is CNCc1c(C)nn(C)c1-n1ccc(C(=O)N(C)C)n1. The standard InChI is InChI=1S/C13H20N6O/c1-9-10(8-14-2)12(18(5)15-9)19-7-6-11(16-19)13(20)17(3)4/h6-7,14H,8H2,1-5H3. The zero-order chi connectivity index (χ0) is 14.9. The van der Waals surface area contributed by atoms with Crippen molar-refractivity contribution in [2.24, 2.45) is 7.05 Å². The number of aromatic nitrogens is 4. The number of hydrogen-bond donors (Lipinski definition) is 1. The summed E-state index contributed by atoms with van der Waals surface area (Å²) in [7, 11) is 7.18. The lowest BCUT2D eigenvalue weighted by atomic mass is 10.2. The van der Waals surface area contributed by atoms with Crippen molar-refractivity contribution in [1.82, 2.24) is 29.8 Å². The fourth-order valence-electron chi connectivity index (χ4n) is 2.15. The average Bonchev–Trinajstić information content (AvgIpc) is 2.95. The second kappa shape index (κ2) is 5.46. The van der Waals surface area contributed by atoms with Gasteiger partial charge in [-0.2, -0.15) is 10.2 Å². The number of amides is 1. The summed E-state index contributed by atoms with van der Waals surface area (Å²) in [4.78, 5) is 13.4. The third-order valence-electron chi connectivity index (χ3n) is 3.10. The summed E-state index contributed by atoms with van der Waals surface area (Å²) >= 11 is 0. The van der Waals surface area contributed by atoms with Crippen LogP contribution < -0.4 is 5.32 Å². The monoisotopic (exact) mass is 276 g/mol. The minimum atomic E-state index is -0.113. The maximum Gasteiger partial charge on any atom is 0.273 e. The highest BCUT2D eigenvalue weighted by Crippen LogP contribution is 2.17. The van der Waals surface area contributed by atoms with E-state index >= 15 is 0 Å². The lowest BCUT2D eigenvalue weighted by Gasteiger charge is -2.08. The number of carbonyl (C=O) groups is 1. The van der Waals surface area contributed by atoms with E-state index in [4.69, 9.17) is 0 Å². The number of hydrogen-bond acceptors (Lipinski definition) is 4. The van der Waals surface area contributed by atoms with E-state index in [1.165, 1.54) is 4.90 Å². The zero-order valence-electron chi connectivity index (χ0n) is 12.5. The molecule has 2 rings (SSSR count). The Labute approximate surface area is 118 Å². The van der Waals surface area contributed by atoms with Crippen LogP contribution in [0.25, 0.3) is 5.82 Å². The Hall–Kier alpha value is -2.15. The largest absolute Gasteiger partial charge is 0.343 e. The fourth-order valence-corrected chi connectivity index (χ4v) is 2.15. The van der Waals surface area contributed by atoms with Crippen LogP contribution in [0.5, 0.6) is 0 Å². The molecule has 0 spiro atoms. The van der Waals surface area contributed by atoms with E-state index in [0.717, 1.165) is 17.1 Å². The first-order valence-electron chi connectivity index (χ1n) is 6.40. The van der Waals surface area contributed by atoms with Crippen LogP contribution in [0.3, 0.4) is 0 Å². The molecule has 0 aliphatic carbocycles. The van der Waals surface area contributed by atoms with Crippen LogP contribution in [0.15, 0.2) is 12.3 Å². The molecule has 1 N–H and O–H groups in total. The molecule has 0 fully saturated rings. The van der Waals surface area contributed by atoms with Crippen molar-refractivity contribution in [3.05, 3.63) is 29.2 Å². The minimum Gasteiger partial charge on any atom is -0.343 e. The summed E-state index contributed by atoms with van der Waals surface area (Å²) in [5.74, 6) is 0.757. The molecule has 7 heteroatoms. The Balaban J connectivity index is 2.45. The molecule has 2 aromatic rings. The highest BCUT2D eigenvalue weighted by atomic mass is 16.2. The molecule has 0 atom stereocenters. The number of aryl methyl sites for hydroxylation is 2. The van der Waals surface area contributed by atoms with Gasteiger partial charge in [0.1, 0.15) is 0 Å². The molecule has 0 radical (unpaired) electrons. The molecule has 2 aromatic heterocycles. The Kier molecular flexibility index (Phi) is 3.89. The van der Waals surface area contributed by atoms with Crippen LogP contribution in [0.2, 0.25) is 0 Å². The van der Waals surface area contributed by atoms with Crippen LogP contribution in [-0.4, -0.2) is 51.5 Å². The van der Waals surface area contributed by atoms with Gasteiger partial charge in [0.05, 0.1) is 5.69 Å². The van der Waals surface area contributed by atoms with Crippen molar-refractivity contribution in [1.29, 1.82) is 0 Å². The van der Waals surface area contributed by atoms with Crippen molar-refractivity contribution in [3.63, 3.8) is 0 Å². The molecule has 20 heavy (non-hydrogen) atoms. The number of rotatable bonds is 4. The van der Waals surface area contributed by atoms with Gasteiger partial charge in [0.15, 0.2) is 11.5 Å². The summed E-state index contributed by atoms with van der Waals surface area (Å²) < 4.78 is 3.47. The Bertz CT molecular complexity index is 625. The number of nitrogens with zero attached hydrogens (tertiary/aromatic N) is 5. The summed E-state index contributed by atoms with van der Waals surface area (Å²) in [6.45, 7) is 2.66. The van der Waals surface area contributed by atoms with Crippen molar-refractivity contribution in [2.45, 2.75) is 13.5 Å². The van der Waals surface area contributed by atoms with Gasteiger partial charge in [0.25, 0.3) is 5.91 Å². The third kappa shape index (κ3) is 2.44. The maximum atomic E-state index is 11.9. The second-order valence-corrected chi connectivity index (χ2v) is 4.89. The van der Waals surface area contributed by atoms with E-state index in [9.17, 15) is 4.79 Å². The molecular formula is C13H20N6O. The summed E-state index contributed by atoms with van der Waals surface area (Å²) in [6.07, 6.45) is 1.78. The Morgan fingerprint density at radius 3 is 2.70 bits per heavy atom. The first-order valence-corrected chi connectivity index (χ1v) is 6.40. The van der Waals surface area contributed by atoms with Crippen molar-refractivity contribution in [3.8, 4) is 5.82 Å². The van der Waals surface area contributed by atoms with Crippen molar-refractivity contribution < 1.29 is 4.79 Å². The molecule has 1 amide bonds. The highest BCUT2D eigenvalue weighted by Gasteiger charge is 2.17. The molecule has 0 unspecified atom stereocenters. The van der Waals surface area contributed by atoms with E-state index in [-0.39, 0.29) is 5.91 Å². The lowest BCUT2D eigenvalue weighted by Crippen LogP contribution is -2.22. The smallest absolute Gasteiger partial charge is 0.273 e. The van der Waals surface area contributed by atoms with Gasteiger partial charge in [0, 0.05) is 39.4 Å². The first-order chi connectivity index (χ1) is 9.45. The van der Waals surface area contributed by atoms with Gasteiger partial charge in [-0.15, -0.1) is 0 Å². The van der Waals surface area contributed by atoms with E-state index < -0.39 is 0 Å². The average molecular weight is 276 g/mol. The van der Waals surface area contributed by atoms with Crippen molar-refractivity contribution >= 4 is 5.91 Å². The number of carbonyl (C=O) groups excluding carboxylic acids is 1. The molecule has 0 aliphatic heterocycles. The number of nitrogens with one attached hydrogen (secondary N) is 1. The zero-order valence-corrected chi connectivity index (χ0v) is 12.5. The summed E-state index contributed by atoms with van der Waals surface area (Å²) in [5.41, 5.74) is 2.44. The van der Waals surface area contributed by atoms with E-state index in [1.807, 2.05) is 21.0 Å². The van der Waals surface area contributed by atoms with E-state index in [1.54, 1.807) is 35.7 Å². The molecule has 0 bridgehead atoms.